The Morgan fingerprint density at radius 3 is 2.40 bits per heavy atom. The van der Waals surface area contributed by atoms with Gasteiger partial charge in [0.05, 0.1) is 27.3 Å². The molecular weight excluding hydrogens is 296 g/mol. The normalized spacial score (nSPS) is 11.0. The van der Waals surface area contributed by atoms with E-state index in [1.807, 2.05) is 6.07 Å². The monoisotopic (exact) mass is 306 g/mol. The van der Waals surface area contributed by atoms with Gasteiger partial charge in [0.15, 0.2) is 9.84 Å². The fourth-order valence-corrected chi connectivity index (χ4v) is 3.67. The number of sulfone groups is 1. The SMILES string of the molecule is N#Cc1ccc(CS(=O)(=O)c2cc(N)ccc2Cl)cc1. The maximum Gasteiger partial charge on any atom is 0.184 e. The zero-order valence-electron chi connectivity index (χ0n) is 10.4. The van der Waals surface area contributed by atoms with Gasteiger partial charge in [-0.25, -0.2) is 8.42 Å². The van der Waals surface area contributed by atoms with Gasteiger partial charge in [-0.3, -0.25) is 0 Å². The third kappa shape index (κ3) is 3.10. The molecule has 0 fully saturated rings. The zero-order chi connectivity index (χ0) is 14.8. The topological polar surface area (TPSA) is 84.0 Å². The quantitative estimate of drug-likeness (QED) is 0.884. The third-order valence-electron chi connectivity index (χ3n) is 2.73. The van der Waals surface area contributed by atoms with E-state index in [0.717, 1.165) is 0 Å². The van der Waals surface area contributed by atoms with Crippen molar-refractivity contribution < 1.29 is 8.42 Å². The largest absolute Gasteiger partial charge is 0.399 e. The summed E-state index contributed by atoms with van der Waals surface area (Å²) in [6, 6.07) is 12.7. The lowest BCUT2D eigenvalue weighted by atomic mass is 10.2. The van der Waals surface area contributed by atoms with Crippen molar-refractivity contribution in [3.63, 3.8) is 0 Å². The zero-order valence-corrected chi connectivity index (χ0v) is 11.9. The Kier molecular flexibility index (Phi) is 3.98. The summed E-state index contributed by atoms with van der Waals surface area (Å²) in [5.74, 6) is -0.193. The van der Waals surface area contributed by atoms with Crippen molar-refractivity contribution in [3.8, 4) is 6.07 Å². The average Bonchev–Trinajstić information content (AvgIpc) is 2.42. The van der Waals surface area contributed by atoms with Crippen LogP contribution in [0.25, 0.3) is 0 Å². The highest BCUT2D eigenvalue weighted by atomic mass is 35.5. The molecule has 0 heterocycles. The second-order valence-electron chi connectivity index (χ2n) is 4.26. The van der Waals surface area contributed by atoms with Crippen LogP contribution in [0.1, 0.15) is 11.1 Å². The minimum Gasteiger partial charge on any atom is -0.399 e. The standard InChI is InChI=1S/C14H11ClN2O2S/c15-13-6-5-12(17)7-14(13)20(18,19)9-11-3-1-10(8-16)2-4-11/h1-7H,9,17H2. The van der Waals surface area contributed by atoms with Crippen molar-refractivity contribution in [3.05, 3.63) is 58.6 Å². The molecule has 0 aliphatic rings. The third-order valence-corrected chi connectivity index (χ3v) is 4.89. The van der Waals surface area contributed by atoms with Gasteiger partial charge >= 0.3 is 0 Å². The molecule has 20 heavy (non-hydrogen) atoms. The maximum absolute atomic E-state index is 12.3. The molecule has 0 aliphatic carbocycles. The molecule has 2 aromatic carbocycles. The highest BCUT2D eigenvalue weighted by Crippen LogP contribution is 2.26. The van der Waals surface area contributed by atoms with E-state index in [2.05, 4.69) is 0 Å². The first-order valence-electron chi connectivity index (χ1n) is 5.69. The first-order valence-corrected chi connectivity index (χ1v) is 7.72. The van der Waals surface area contributed by atoms with Crippen molar-refractivity contribution >= 4 is 27.1 Å². The van der Waals surface area contributed by atoms with Gasteiger partial charge in [0, 0.05) is 5.69 Å². The number of hydrogen-bond acceptors (Lipinski definition) is 4. The van der Waals surface area contributed by atoms with E-state index in [4.69, 9.17) is 22.6 Å². The van der Waals surface area contributed by atoms with Crippen molar-refractivity contribution in [1.82, 2.24) is 0 Å². The van der Waals surface area contributed by atoms with Gasteiger partial charge in [-0.2, -0.15) is 5.26 Å². The van der Waals surface area contributed by atoms with Crippen LogP contribution in [0, 0.1) is 11.3 Å². The molecule has 4 nitrogen and oxygen atoms in total. The van der Waals surface area contributed by atoms with Crippen LogP contribution in [-0.2, 0) is 15.6 Å². The molecular formula is C14H11ClN2O2S. The molecule has 102 valence electrons. The van der Waals surface area contributed by atoms with Gasteiger partial charge in [0.1, 0.15) is 0 Å². The van der Waals surface area contributed by atoms with Crippen molar-refractivity contribution in [2.24, 2.45) is 0 Å². The molecule has 0 radical (unpaired) electrons. The number of nitrogen functional groups attached to an aromatic ring is 1. The minimum atomic E-state index is -3.58. The lowest BCUT2D eigenvalue weighted by molar-refractivity contribution is 0.595. The molecule has 0 saturated carbocycles. The Morgan fingerprint density at radius 2 is 1.80 bits per heavy atom. The Bertz CT molecular complexity index is 778. The number of rotatable bonds is 3. The van der Waals surface area contributed by atoms with E-state index < -0.39 is 9.84 Å². The van der Waals surface area contributed by atoms with E-state index >= 15 is 0 Å². The summed E-state index contributed by atoms with van der Waals surface area (Å²) in [6.07, 6.45) is 0. The number of halogens is 1. The van der Waals surface area contributed by atoms with Crippen LogP contribution < -0.4 is 5.73 Å². The first kappa shape index (κ1) is 14.4. The number of nitriles is 1. The summed E-state index contributed by atoms with van der Waals surface area (Å²) in [5, 5.41) is 8.85. The lowest BCUT2D eigenvalue weighted by Crippen LogP contribution is -2.06. The first-order chi connectivity index (χ1) is 9.42. The smallest absolute Gasteiger partial charge is 0.184 e. The van der Waals surface area contributed by atoms with Crippen LogP contribution in [0.3, 0.4) is 0 Å². The minimum absolute atomic E-state index is 0.0172. The van der Waals surface area contributed by atoms with Crippen LogP contribution in [0.15, 0.2) is 47.4 Å². The lowest BCUT2D eigenvalue weighted by Gasteiger charge is -2.07. The Balaban J connectivity index is 2.35. The van der Waals surface area contributed by atoms with Crippen LogP contribution in [0.5, 0.6) is 0 Å². The highest BCUT2D eigenvalue weighted by molar-refractivity contribution is 7.90. The molecule has 0 aliphatic heterocycles. The summed E-state index contributed by atoms with van der Waals surface area (Å²) in [5.41, 5.74) is 7.00. The van der Waals surface area contributed by atoms with Crippen molar-refractivity contribution in [2.45, 2.75) is 10.6 Å². The Hall–Kier alpha value is -2.03. The fourth-order valence-electron chi connectivity index (χ4n) is 1.73. The van der Waals surface area contributed by atoms with Gasteiger partial charge in [0.25, 0.3) is 0 Å². The molecule has 0 aromatic heterocycles. The molecule has 2 rings (SSSR count). The van der Waals surface area contributed by atoms with Gasteiger partial charge in [-0.05, 0) is 35.9 Å². The van der Waals surface area contributed by atoms with E-state index in [1.165, 1.54) is 12.1 Å². The average molecular weight is 307 g/mol. The number of nitrogens with zero attached hydrogens (tertiary/aromatic N) is 1. The van der Waals surface area contributed by atoms with Crippen LogP contribution >= 0.6 is 11.6 Å². The van der Waals surface area contributed by atoms with E-state index in [0.29, 0.717) is 16.8 Å². The Labute approximate surface area is 122 Å². The number of hydrogen-bond donors (Lipinski definition) is 1. The molecule has 0 amide bonds. The van der Waals surface area contributed by atoms with Crippen molar-refractivity contribution in [1.29, 1.82) is 5.26 Å². The Morgan fingerprint density at radius 1 is 1.15 bits per heavy atom. The fraction of sp³-hybridized carbons (Fsp3) is 0.0714. The van der Waals surface area contributed by atoms with Gasteiger partial charge in [-0.15, -0.1) is 0 Å². The van der Waals surface area contributed by atoms with Gasteiger partial charge in [0.2, 0.25) is 0 Å². The molecule has 6 heteroatoms. The molecule has 0 atom stereocenters. The van der Waals surface area contributed by atoms with Crippen LogP contribution in [0.4, 0.5) is 5.69 Å². The van der Waals surface area contributed by atoms with Crippen molar-refractivity contribution in [2.75, 3.05) is 5.73 Å². The maximum atomic E-state index is 12.3. The predicted octanol–water partition coefficient (Wildman–Crippen LogP) is 2.77. The highest BCUT2D eigenvalue weighted by Gasteiger charge is 2.19. The number of anilines is 1. The molecule has 0 bridgehead atoms. The summed E-state index contributed by atoms with van der Waals surface area (Å²) in [4.78, 5) is 0.0172. The number of nitrogens with two attached hydrogens (primary N) is 1. The molecule has 0 saturated heterocycles. The van der Waals surface area contributed by atoms with Gasteiger partial charge in [-0.1, -0.05) is 23.7 Å². The number of benzene rings is 2. The van der Waals surface area contributed by atoms with E-state index in [1.54, 1.807) is 30.3 Å². The summed E-state index contributed by atoms with van der Waals surface area (Å²) in [7, 11) is -3.58. The summed E-state index contributed by atoms with van der Waals surface area (Å²) < 4.78 is 24.6. The molecule has 0 spiro atoms. The molecule has 0 unspecified atom stereocenters. The second kappa shape index (κ2) is 5.53. The summed E-state index contributed by atoms with van der Waals surface area (Å²) in [6.45, 7) is 0. The van der Waals surface area contributed by atoms with E-state index in [-0.39, 0.29) is 15.7 Å². The van der Waals surface area contributed by atoms with E-state index in [9.17, 15) is 8.42 Å². The van der Waals surface area contributed by atoms with Crippen LogP contribution in [-0.4, -0.2) is 8.42 Å². The van der Waals surface area contributed by atoms with Crippen LogP contribution in [0.2, 0.25) is 5.02 Å². The second-order valence-corrected chi connectivity index (χ2v) is 6.62. The predicted molar refractivity (Wildman–Crippen MR) is 77.9 cm³/mol. The summed E-state index contributed by atoms with van der Waals surface area (Å²) >= 11 is 5.92. The molecule has 2 aromatic rings. The molecule has 2 N–H and O–H groups in total. The van der Waals surface area contributed by atoms with Gasteiger partial charge < -0.3 is 5.73 Å².